The quantitative estimate of drug-likeness (QED) is 0.909. The second-order valence-corrected chi connectivity index (χ2v) is 8.86. The van der Waals surface area contributed by atoms with E-state index in [1.54, 1.807) is 0 Å². The van der Waals surface area contributed by atoms with Crippen molar-refractivity contribution in [1.82, 2.24) is 5.32 Å². The van der Waals surface area contributed by atoms with Crippen molar-refractivity contribution in [3.63, 3.8) is 0 Å². The lowest BCUT2D eigenvalue weighted by molar-refractivity contribution is 0.227. The average Bonchev–Trinajstić information content (AvgIpc) is 2.37. The van der Waals surface area contributed by atoms with Crippen LogP contribution in [0.5, 0.6) is 0 Å². The van der Waals surface area contributed by atoms with E-state index in [-0.39, 0.29) is 5.75 Å². The molecule has 1 N–H and O–H groups in total. The van der Waals surface area contributed by atoms with Gasteiger partial charge in [-0.1, -0.05) is 38.1 Å². The molecule has 0 spiro atoms. The summed E-state index contributed by atoms with van der Waals surface area (Å²) in [7, 11) is -2.99. The van der Waals surface area contributed by atoms with Crippen molar-refractivity contribution in [1.29, 1.82) is 0 Å². The molecule has 1 aromatic rings. The van der Waals surface area contributed by atoms with E-state index in [0.717, 1.165) is 23.6 Å². The first kappa shape index (κ1) is 16.5. The number of benzene rings is 1. The average molecular weight is 309 g/mol. The van der Waals surface area contributed by atoms with Crippen LogP contribution in [0.2, 0.25) is 0 Å². The van der Waals surface area contributed by atoms with E-state index < -0.39 is 9.84 Å². The van der Waals surface area contributed by atoms with Gasteiger partial charge in [0.15, 0.2) is 9.84 Å². The first-order valence-corrected chi connectivity index (χ1v) is 9.89. The van der Waals surface area contributed by atoms with Crippen LogP contribution in [0.15, 0.2) is 24.3 Å². The zero-order valence-electron chi connectivity index (χ0n) is 13.3. The van der Waals surface area contributed by atoms with E-state index in [1.807, 2.05) is 24.3 Å². The van der Waals surface area contributed by atoms with Gasteiger partial charge < -0.3 is 5.32 Å². The minimum atomic E-state index is -2.99. The van der Waals surface area contributed by atoms with Crippen LogP contribution in [0.3, 0.4) is 0 Å². The predicted molar refractivity (Wildman–Crippen MR) is 87.8 cm³/mol. The van der Waals surface area contributed by atoms with Crippen molar-refractivity contribution >= 4 is 9.84 Å². The minimum Gasteiger partial charge on any atom is -0.310 e. The third-order valence-corrected chi connectivity index (χ3v) is 5.36. The van der Waals surface area contributed by atoms with Gasteiger partial charge in [0.2, 0.25) is 0 Å². The van der Waals surface area contributed by atoms with Crippen molar-refractivity contribution in [2.45, 2.75) is 51.4 Å². The number of sulfone groups is 1. The normalized spacial score (nSPS) is 26.7. The summed E-state index contributed by atoms with van der Waals surface area (Å²) in [6.45, 7) is 5.40. The summed E-state index contributed by atoms with van der Waals surface area (Å²) >= 11 is 0. The fraction of sp³-hybridized carbons (Fsp3) is 0.647. The van der Waals surface area contributed by atoms with Crippen LogP contribution in [0, 0.1) is 11.8 Å². The van der Waals surface area contributed by atoms with Gasteiger partial charge in [-0.05, 0) is 42.2 Å². The van der Waals surface area contributed by atoms with Gasteiger partial charge in [-0.15, -0.1) is 0 Å². The molecule has 0 amide bonds. The Morgan fingerprint density at radius 1 is 1.14 bits per heavy atom. The lowest BCUT2D eigenvalue weighted by atomic mass is 9.80. The Morgan fingerprint density at radius 3 is 2.43 bits per heavy atom. The van der Waals surface area contributed by atoms with E-state index in [1.165, 1.54) is 25.5 Å². The molecule has 1 aromatic carbocycles. The first-order chi connectivity index (χ1) is 9.85. The van der Waals surface area contributed by atoms with Gasteiger partial charge in [0, 0.05) is 18.8 Å². The summed E-state index contributed by atoms with van der Waals surface area (Å²) in [5, 5.41) is 3.64. The molecule has 0 heterocycles. The maximum atomic E-state index is 11.5. The molecule has 21 heavy (non-hydrogen) atoms. The van der Waals surface area contributed by atoms with Crippen LogP contribution < -0.4 is 5.32 Å². The summed E-state index contributed by atoms with van der Waals surface area (Å²) in [6.07, 6.45) is 5.08. The molecular weight excluding hydrogens is 282 g/mol. The van der Waals surface area contributed by atoms with Crippen LogP contribution in [0.25, 0.3) is 0 Å². The summed E-state index contributed by atoms with van der Waals surface area (Å²) < 4.78 is 23.1. The fourth-order valence-electron chi connectivity index (χ4n) is 3.36. The molecule has 4 heteroatoms. The summed E-state index contributed by atoms with van der Waals surface area (Å²) in [6, 6.07) is 8.39. The summed E-state index contributed by atoms with van der Waals surface area (Å²) in [5.74, 6) is 1.65. The van der Waals surface area contributed by atoms with Gasteiger partial charge in [0.25, 0.3) is 0 Å². The van der Waals surface area contributed by atoms with Gasteiger partial charge in [-0.25, -0.2) is 8.42 Å². The molecule has 0 aromatic heterocycles. The third-order valence-electron chi connectivity index (χ3n) is 4.52. The lowest BCUT2D eigenvalue weighted by Gasteiger charge is -2.33. The Labute approximate surface area is 129 Å². The molecule has 3 nitrogen and oxygen atoms in total. The Morgan fingerprint density at radius 2 is 1.81 bits per heavy atom. The van der Waals surface area contributed by atoms with E-state index >= 15 is 0 Å². The molecule has 2 rings (SSSR count). The van der Waals surface area contributed by atoms with E-state index in [4.69, 9.17) is 0 Å². The monoisotopic (exact) mass is 309 g/mol. The van der Waals surface area contributed by atoms with Crippen molar-refractivity contribution in [2.75, 3.05) is 6.26 Å². The molecular formula is C17H27NO2S. The van der Waals surface area contributed by atoms with Crippen molar-refractivity contribution in [3.05, 3.63) is 35.4 Å². The van der Waals surface area contributed by atoms with Crippen LogP contribution >= 0.6 is 0 Å². The topological polar surface area (TPSA) is 46.2 Å². The number of hydrogen-bond acceptors (Lipinski definition) is 3. The van der Waals surface area contributed by atoms with Gasteiger partial charge in [-0.2, -0.15) is 0 Å². The highest BCUT2D eigenvalue weighted by Crippen LogP contribution is 2.28. The van der Waals surface area contributed by atoms with Crippen LogP contribution in [-0.2, 0) is 22.1 Å². The summed E-state index contributed by atoms with van der Waals surface area (Å²) in [4.78, 5) is 0. The molecule has 0 unspecified atom stereocenters. The zero-order valence-corrected chi connectivity index (χ0v) is 14.1. The molecule has 1 fully saturated rings. The fourth-order valence-corrected chi connectivity index (χ4v) is 4.21. The minimum absolute atomic E-state index is 0.127. The number of rotatable bonds is 5. The largest absolute Gasteiger partial charge is 0.310 e. The second kappa shape index (κ2) is 6.93. The van der Waals surface area contributed by atoms with E-state index in [2.05, 4.69) is 19.2 Å². The van der Waals surface area contributed by atoms with Gasteiger partial charge >= 0.3 is 0 Å². The molecule has 1 saturated carbocycles. The lowest BCUT2D eigenvalue weighted by Crippen LogP contribution is -2.38. The first-order valence-electron chi connectivity index (χ1n) is 7.83. The van der Waals surface area contributed by atoms with Gasteiger partial charge in [0.1, 0.15) is 0 Å². The molecule has 0 radical (unpaired) electrons. The Kier molecular flexibility index (Phi) is 5.44. The second-order valence-electron chi connectivity index (χ2n) is 6.72. The van der Waals surface area contributed by atoms with Gasteiger partial charge in [-0.3, -0.25) is 0 Å². The molecule has 0 saturated heterocycles. The molecule has 0 aliphatic heterocycles. The Hall–Kier alpha value is -0.870. The summed E-state index contributed by atoms with van der Waals surface area (Å²) in [5.41, 5.74) is 2.03. The third kappa shape index (κ3) is 5.11. The molecule has 0 bridgehead atoms. The standard InChI is InChI=1S/C17H27NO2S/c1-13-8-9-17(14(2)10-13)18-11-15-6-4-5-7-16(15)12-21(3,19)20/h4-7,13-14,17-18H,8-12H2,1-3H3/t13-,14+,17-/m1/s1. The SMILES string of the molecule is C[C@@H]1CC[C@@H](NCc2ccccc2CS(C)(=O)=O)[C@@H](C)C1. The van der Waals surface area contributed by atoms with E-state index in [9.17, 15) is 8.42 Å². The predicted octanol–water partition coefficient (Wildman–Crippen LogP) is 3.15. The molecule has 3 atom stereocenters. The zero-order chi connectivity index (χ0) is 15.5. The molecule has 118 valence electrons. The highest BCUT2D eigenvalue weighted by Gasteiger charge is 2.24. The van der Waals surface area contributed by atoms with Gasteiger partial charge in [0.05, 0.1) is 5.75 Å². The number of nitrogens with one attached hydrogen (secondary N) is 1. The van der Waals surface area contributed by atoms with Crippen molar-refractivity contribution in [3.8, 4) is 0 Å². The van der Waals surface area contributed by atoms with Crippen LogP contribution in [0.4, 0.5) is 0 Å². The number of hydrogen-bond donors (Lipinski definition) is 1. The maximum Gasteiger partial charge on any atom is 0.151 e. The van der Waals surface area contributed by atoms with Crippen LogP contribution in [0.1, 0.15) is 44.2 Å². The van der Waals surface area contributed by atoms with Crippen molar-refractivity contribution < 1.29 is 8.42 Å². The smallest absolute Gasteiger partial charge is 0.151 e. The van der Waals surface area contributed by atoms with Crippen molar-refractivity contribution in [2.24, 2.45) is 11.8 Å². The molecule has 1 aliphatic rings. The molecule has 1 aliphatic carbocycles. The highest BCUT2D eigenvalue weighted by molar-refractivity contribution is 7.89. The highest BCUT2D eigenvalue weighted by atomic mass is 32.2. The maximum absolute atomic E-state index is 11.5. The van der Waals surface area contributed by atoms with E-state index in [0.29, 0.717) is 12.0 Å². The Balaban J connectivity index is 2.00. The van der Waals surface area contributed by atoms with Crippen LogP contribution in [-0.4, -0.2) is 20.7 Å². The Bertz CT molecular complexity index is 568.